The first kappa shape index (κ1) is 18.0. The second-order valence-electron chi connectivity index (χ2n) is 5.86. The van der Waals surface area contributed by atoms with Crippen LogP contribution < -0.4 is 5.43 Å². The summed E-state index contributed by atoms with van der Waals surface area (Å²) in [5.41, 5.74) is 4.73. The number of nitrogens with one attached hydrogen (secondary N) is 1. The topological polar surface area (TPSA) is 111 Å². The molecule has 2 aromatic heterocycles. The number of nitrogens with zero attached hydrogens (tertiary/aromatic N) is 3. The highest BCUT2D eigenvalue weighted by molar-refractivity contribution is 5.94. The highest BCUT2D eigenvalue weighted by Crippen LogP contribution is 2.32. The van der Waals surface area contributed by atoms with Gasteiger partial charge in [0.15, 0.2) is 0 Å². The maximum Gasteiger partial charge on any atom is 0.273 e. The zero-order chi connectivity index (χ0) is 19.4. The molecule has 0 spiro atoms. The summed E-state index contributed by atoms with van der Waals surface area (Å²) in [4.78, 5) is 26.5. The Balaban J connectivity index is 1.78. The molecular weight excluding hydrogens is 348 g/mol. The summed E-state index contributed by atoms with van der Waals surface area (Å²) >= 11 is 0. The molecule has 0 radical (unpaired) electrons. The summed E-state index contributed by atoms with van der Waals surface area (Å²) in [5, 5.41) is 15.1. The van der Waals surface area contributed by atoms with Crippen LogP contribution in [-0.2, 0) is 0 Å². The van der Waals surface area contributed by atoms with Crippen LogP contribution in [0.25, 0.3) is 11.3 Å². The van der Waals surface area contributed by atoms with Gasteiger partial charge in [-0.3, -0.25) is 19.9 Å². The summed E-state index contributed by atoms with van der Waals surface area (Å²) in [6.07, 6.45) is 4.36. The van der Waals surface area contributed by atoms with E-state index in [4.69, 9.17) is 4.42 Å². The van der Waals surface area contributed by atoms with Crippen molar-refractivity contribution < 1.29 is 14.1 Å². The number of amides is 1. The average molecular weight is 364 g/mol. The fourth-order valence-corrected chi connectivity index (χ4v) is 2.57. The molecule has 1 amide bonds. The molecule has 0 atom stereocenters. The van der Waals surface area contributed by atoms with Crippen molar-refractivity contribution in [1.82, 2.24) is 10.4 Å². The molecule has 0 saturated carbocycles. The number of nitro benzene ring substituents is 1. The van der Waals surface area contributed by atoms with Gasteiger partial charge in [-0.05, 0) is 49.7 Å². The van der Waals surface area contributed by atoms with E-state index in [9.17, 15) is 14.9 Å². The fraction of sp³-hybridized carbons (Fsp3) is 0.105. The van der Waals surface area contributed by atoms with Gasteiger partial charge in [-0.2, -0.15) is 5.10 Å². The lowest BCUT2D eigenvalue weighted by molar-refractivity contribution is -0.385. The van der Waals surface area contributed by atoms with Crippen LogP contribution in [0.15, 0.2) is 58.3 Å². The molecule has 8 nitrogen and oxygen atoms in total. The molecule has 27 heavy (non-hydrogen) atoms. The highest BCUT2D eigenvalue weighted by Gasteiger charge is 2.18. The Kier molecular flexibility index (Phi) is 5.07. The smallest absolute Gasteiger partial charge is 0.273 e. The summed E-state index contributed by atoms with van der Waals surface area (Å²) in [7, 11) is 0. The Morgan fingerprint density at radius 2 is 2.11 bits per heavy atom. The number of hydrogen-bond donors (Lipinski definition) is 1. The van der Waals surface area contributed by atoms with Crippen molar-refractivity contribution in [3.8, 4) is 11.3 Å². The molecule has 1 aromatic carbocycles. The Hall–Kier alpha value is -3.81. The van der Waals surface area contributed by atoms with Crippen molar-refractivity contribution in [1.29, 1.82) is 0 Å². The molecule has 0 aliphatic carbocycles. The van der Waals surface area contributed by atoms with Gasteiger partial charge in [0.05, 0.1) is 16.7 Å². The number of aromatic nitrogens is 1. The van der Waals surface area contributed by atoms with Crippen molar-refractivity contribution in [2.45, 2.75) is 13.8 Å². The summed E-state index contributed by atoms with van der Waals surface area (Å²) in [6, 6.07) is 10.00. The third-order valence-corrected chi connectivity index (χ3v) is 3.90. The van der Waals surface area contributed by atoms with Crippen LogP contribution in [0.2, 0.25) is 0 Å². The molecule has 0 aliphatic heterocycles. The summed E-state index contributed by atoms with van der Waals surface area (Å²) in [6.45, 7) is 3.46. The van der Waals surface area contributed by atoms with Crippen LogP contribution in [0.4, 0.5) is 5.69 Å². The average Bonchev–Trinajstić information content (AvgIpc) is 3.12. The van der Waals surface area contributed by atoms with E-state index in [0.29, 0.717) is 28.2 Å². The number of aryl methyl sites for hydroxylation is 1. The SMILES string of the molecule is Cc1cc(-c2ccc(C=NNC(=O)c3cccnc3)o2)c(C)c([N+](=O)[O-])c1. The number of pyridine rings is 1. The van der Waals surface area contributed by atoms with Gasteiger partial charge in [-0.15, -0.1) is 0 Å². The highest BCUT2D eigenvalue weighted by atomic mass is 16.6. The molecule has 8 heteroatoms. The van der Waals surface area contributed by atoms with Crippen LogP contribution in [0, 0.1) is 24.0 Å². The van der Waals surface area contributed by atoms with Crippen molar-refractivity contribution in [3.63, 3.8) is 0 Å². The number of hydrogen-bond acceptors (Lipinski definition) is 6. The molecule has 0 fully saturated rings. The van der Waals surface area contributed by atoms with E-state index in [1.165, 1.54) is 18.5 Å². The largest absolute Gasteiger partial charge is 0.455 e. The maximum atomic E-state index is 11.9. The Bertz CT molecular complexity index is 1030. The first-order valence-corrected chi connectivity index (χ1v) is 8.05. The zero-order valence-corrected chi connectivity index (χ0v) is 14.7. The van der Waals surface area contributed by atoms with Crippen molar-refractivity contribution >= 4 is 17.8 Å². The third kappa shape index (κ3) is 4.06. The first-order valence-electron chi connectivity index (χ1n) is 8.05. The van der Waals surface area contributed by atoms with Crippen LogP contribution in [0.5, 0.6) is 0 Å². The minimum Gasteiger partial charge on any atom is -0.455 e. The number of benzene rings is 1. The van der Waals surface area contributed by atoms with E-state index < -0.39 is 10.8 Å². The number of nitro groups is 1. The van der Waals surface area contributed by atoms with Gasteiger partial charge >= 0.3 is 0 Å². The maximum absolute atomic E-state index is 11.9. The first-order chi connectivity index (χ1) is 13.0. The van der Waals surface area contributed by atoms with Crippen LogP contribution in [-0.4, -0.2) is 22.0 Å². The van der Waals surface area contributed by atoms with E-state index in [1.807, 2.05) is 6.07 Å². The zero-order valence-electron chi connectivity index (χ0n) is 14.7. The molecule has 1 N–H and O–H groups in total. The molecular formula is C19H16N4O4. The number of rotatable bonds is 5. The van der Waals surface area contributed by atoms with Gasteiger partial charge in [-0.1, -0.05) is 0 Å². The van der Waals surface area contributed by atoms with Crippen LogP contribution in [0.1, 0.15) is 27.2 Å². The second kappa shape index (κ2) is 7.61. The van der Waals surface area contributed by atoms with Gasteiger partial charge in [0.1, 0.15) is 11.5 Å². The van der Waals surface area contributed by atoms with E-state index in [1.54, 1.807) is 44.3 Å². The van der Waals surface area contributed by atoms with E-state index in [0.717, 1.165) is 5.56 Å². The fourth-order valence-electron chi connectivity index (χ4n) is 2.57. The van der Waals surface area contributed by atoms with Gasteiger partial charge in [0.2, 0.25) is 0 Å². The normalized spacial score (nSPS) is 10.9. The van der Waals surface area contributed by atoms with Gasteiger partial charge in [0, 0.05) is 29.6 Å². The van der Waals surface area contributed by atoms with Crippen molar-refractivity contribution in [2.75, 3.05) is 0 Å². The van der Waals surface area contributed by atoms with Crippen LogP contribution >= 0.6 is 0 Å². The molecule has 0 aliphatic rings. The Morgan fingerprint density at radius 1 is 1.30 bits per heavy atom. The lowest BCUT2D eigenvalue weighted by Gasteiger charge is -2.05. The van der Waals surface area contributed by atoms with E-state index >= 15 is 0 Å². The summed E-state index contributed by atoms with van der Waals surface area (Å²) in [5.74, 6) is 0.496. The second-order valence-corrected chi connectivity index (χ2v) is 5.86. The standard InChI is InChI=1S/C19H16N4O4/c1-12-8-16(13(2)17(9-12)23(25)26)18-6-5-15(27-18)11-21-22-19(24)14-4-3-7-20-10-14/h3-11H,1-2H3,(H,22,24). The van der Waals surface area contributed by atoms with E-state index in [-0.39, 0.29) is 5.69 Å². The van der Waals surface area contributed by atoms with Gasteiger partial charge < -0.3 is 4.42 Å². The van der Waals surface area contributed by atoms with Crippen LogP contribution in [0.3, 0.4) is 0 Å². The molecule has 3 rings (SSSR count). The monoisotopic (exact) mass is 364 g/mol. The number of furan rings is 1. The van der Waals surface area contributed by atoms with Crippen molar-refractivity contribution in [2.24, 2.45) is 5.10 Å². The minimum atomic E-state index is -0.412. The molecule has 2 heterocycles. The molecule has 0 unspecified atom stereocenters. The van der Waals surface area contributed by atoms with E-state index in [2.05, 4.69) is 15.5 Å². The molecule has 0 bridgehead atoms. The summed E-state index contributed by atoms with van der Waals surface area (Å²) < 4.78 is 5.69. The lowest BCUT2D eigenvalue weighted by atomic mass is 10.0. The quantitative estimate of drug-likeness (QED) is 0.422. The third-order valence-electron chi connectivity index (χ3n) is 3.90. The Morgan fingerprint density at radius 3 is 2.81 bits per heavy atom. The predicted octanol–water partition coefficient (Wildman–Crippen LogP) is 3.63. The number of carbonyl (C=O) groups excluding carboxylic acids is 1. The molecule has 136 valence electrons. The molecule has 3 aromatic rings. The minimum absolute atomic E-state index is 0.0420. The number of carbonyl (C=O) groups is 1. The Labute approximate surface area is 154 Å². The van der Waals surface area contributed by atoms with Gasteiger partial charge in [-0.25, -0.2) is 5.43 Å². The lowest BCUT2D eigenvalue weighted by Crippen LogP contribution is -2.17. The predicted molar refractivity (Wildman–Crippen MR) is 99.6 cm³/mol. The van der Waals surface area contributed by atoms with Gasteiger partial charge in [0.25, 0.3) is 11.6 Å². The number of hydrazone groups is 1. The van der Waals surface area contributed by atoms with Crippen molar-refractivity contribution in [3.05, 3.63) is 81.4 Å². The molecule has 0 saturated heterocycles.